The Bertz CT molecular complexity index is 1030. The summed E-state index contributed by atoms with van der Waals surface area (Å²) in [5, 5.41) is 1.76. The Balaban J connectivity index is 1.74. The fraction of sp³-hybridized carbons (Fsp3) is 0.250. The Morgan fingerprint density at radius 2 is 1.90 bits per heavy atom. The van der Waals surface area contributed by atoms with Crippen molar-refractivity contribution in [1.29, 1.82) is 0 Å². The number of carbonyl (C=O) groups excluding carboxylic acids is 2. The van der Waals surface area contributed by atoms with Crippen molar-refractivity contribution < 1.29 is 27.5 Å². The zero-order valence-corrected chi connectivity index (χ0v) is 17.9. The van der Waals surface area contributed by atoms with E-state index in [2.05, 4.69) is 10.3 Å². The number of amides is 2. The zero-order chi connectivity index (χ0) is 22.8. The van der Waals surface area contributed by atoms with E-state index in [1.54, 1.807) is 24.3 Å². The van der Waals surface area contributed by atoms with Gasteiger partial charge in [0.05, 0.1) is 23.4 Å². The van der Waals surface area contributed by atoms with E-state index in [1.165, 1.54) is 20.2 Å². The monoisotopic (exact) mass is 471 g/mol. The topological polar surface area (TPSA) is 71.0 Å². The third kappa shape index (κ3) is 5.13. The first-order chi connectivity index (χ1) is 14.6. The number of alkyl halides is 3. The first kappa shape index (κ1) is 23.0. The van der Waals surface area contributed by atoms with E-state index in [0.717, 1.165) is 28.8 Å². The first-order valence-electron chi connectivity index (χ1n) is 8.92. The highest BCUT2D eigenvalue weighted by atomic mass is 35.5. The molecule has 0 radical (unpaired) electrons. The number of methoxy groups -OCH3 is 1. The fourth-order valence-corrected chi connectivity index (χ4v) is 4.12. The van der Waals surface area contributed by atoms with Gasteiger partial charge in [0.15, 0.2) is 5.17 Å². The van der Waals surface area contributed by atoms with Crippen LogP contribution in [-0.4, -0.2) is 36.4 Å². The molecule has 3 rings (SSSR count). The normalized spacial score (nSPS) is 17.3. The molecule has 1 aliphatic rings. The van der Waals surface area contributed by atoms with Crippen LogP contribution in [0.15, 0.2) is 47.5 Å². The summed E-state index contributed by atoms with van der Waals surface area (Å²) in [5.74, 6) is -0.233. The molecule has 1 atom stereocenters. The lowest BCUT2D eigenvalue weighted by Crippen LogP contribution is -2.31. The van der Waals surface area contributed by atoms with E-state index >= 15 is 0 Å². The molecule has 0 spiro atoms. The van der Waals surface area contributed by atoms with Gasteiger partial charge in [-0.1, -0.05) is 23.4 Å². The average molecular weight is 472 g/mol. The van der Waals surface area contributed by atoms with Crippen LogP contribution in [0.4, 0.5) is 24.5 Å². The van der Waals surface area contributed by atoms with Gasteiger partial charge in [-0.25, -0.2) is 4.90 Å². The maximum atomic E-state index is 13.1. The Kier molecular flexibility index (Phi) is 6.80. The molecule has 0 aliphatic carbocycles. The molecule has 2 aromatic carbocycles. The van der Waals surface area contributed by atoms with Gasteiger partial charge in [-0.2, -0.15) is 13.2 Å². The Morgan fingerprint density at radius 1 is 1.23 bits per heavy atom. The molecule has 6 nitrogen and oxygen atoms in total. The highest BCUT2D eigenvalue weighted by Crippen LogP contribution is 2.37. The SMILES string of the molecule is CN=C(Nc1ccc(Cl)c(C(F)(F)F)c1)S[C@H]1CC(=O)N(c2ccc(OC)cc2)C1=O. The van der Waals surface area contributed by atoms with Gasteiger partial charge in [0.1, 0.15) is 11.0 Å². The summed E-state index contributed by atoms with van der Waals surface area (Å²) in [7, 11) is 2.93. The van der Waals surface area contributed by atoms with E-state index in [1.807, 2.05) is 0 Å². The van der Waals surface area contributed by atoms with Crippen LogP contribution in [0, 0.1) is 0 Å². The van der Waals surface area contributed by atoms with Crippen LogP contribution in [0.1, 0.15) is 12.0 Å². The van der Waals surface area contributed by atoms with Gasteiger partial charge in [0.25, 0.3) is 0 Å². The van der Waals surface area contributed by atoms with Crippen LogP contribution in [0.2, 0.25) is 5.02 Å². The van der Waals surface area contributed by atoms with Crippen LogP contribution in [0.3, 0.4) is 0 Å². The lowest BCUT2D eigenvalue weighted by atomic mass is 10.2. The predicted octanol–water partition coefficient (Wildman–Crippen LogP) is 4.83. The molecule has 164 valence electrons. The highest BCUT2D eigenvalue weighted by Gasteiger charge is 2.41. The van der Waals surface area contributed by atoms with Crippen LogP contribution in [-0.2, 0) is 15.8 Å². The number of anilines is 2. The fourth-order valence-electron chi connectivity index (χ4n) is 2.92. The first-order valence-corrected chi connectivity index (χ1v) is 10.2. The molecular formula is C20H17ClF3N3O3S. The lowest BCUT2D eigenvalue weighted by Gasteiger charge is -2.16. The van der Waals surface area contributed by atoms with Gasteiger partial charge >= 0.3 is 6.18 Å². The molecular weight excluding hydrogens is 455 g/mol. The van der Waals surface area contributed by atoms with Crippen molar-refractivity contribution in [2.45, 2.75) is 17.8 Å². The third-order valence-corrected chi connectivity index (χ3v) is 5.91. The summed E-state index contributed by atoms with van der Waals surface area (Å²) >= 11 is 6.61. The number of nitrogens with one attached hydrogen (secondary N) is 1. The number of halogens is 4. The molecule has 1 heterocycles. The molecule has 1 N–H and O–H groups in total. The molecule has 1 fully saturated rings. The molecule has 0 unspecified atom stereocenters. The summed E-state index contributed by atoms with van der Waals surface area (Å²) < 4.78 is 44.3. The largest absolute Gasteiger partial charge is 0.497 e. The number of rotatable bonds is 4. The number of hydrogen-bond acceptors (Lipinski definition) is 5. The number of aliphatic imine (C=N–C) groups is 1. The van der Waals surface area contributed by atoms with Crippen LogP contribution in [0.25, 0.3) is 0 Å². The average Bonchev–Trinajstić information content (AvgIpc) is 3.01. The Morgan fingerprint density at radius 3 is 2.48 bits per heavy atom. The maximum Gasteiger partial charge on any atom is 0.417 e. The van der Waals surface area contributed by atoms with Crippen molar-refractivity contribution in [3.8, 4) is 5.75 Å². The molecule has 0 bridgehead atoms. The van der Waals surface area contributed by atoms with E-state index in [4.69, 9.17) is 16.3 Å². The number of carbonyl (C=O) groups is 2. The van der Waals surface area contributed by atoms with Crippen molar-refractivity contribution in [1.82, 2.24) is 0 Å². The smallest absolute Gasteiger partial charge is 0.417 e. The predicted molar refractivity (Wildman–Crippen MR) is 115 cm³/mol. The molecule has 1 aliphatic heterocycles. The molecule has 0 saturated carbocycles. The van der Waals surface area contributed by atoms with E-state index in [-0.39, 0.29) is 23.2 Å². The van der Waals surface area contributed by atoms with Gasteiger partial charge in [0.2, 0.25) is 11.8 Å². The van der Waals surface area contributed by atoms with Gasteiger partial charge in [-0.3, -0.25) is 14.6 Å². The number of hydrogen-bond donors (Lipinski definition) is 1. The van der Waals surface area contributed by atoms with Crippen molar-refractivity contribution in [3.05, 3.63) is 53.1 Å². The van der Waals surface area contributed by atoms with Crippen molar-refractivity contribution in [2.24, 2.45) is 4.99 Å². The minimum absolute atomic E-state index is 0.0648. The number of nitrogens with zero attached hydrogens (tertiary/aromatic N) is 2. The number of benzene rings is 2. The highest BCUT2D eigenvalue weighted by molar-refractivity contribution is 8.15. The van der Waals surface area contributed by atoms with Crippen molar-refractivity contribution in [3.63, 3.8) is 0 Å². The summed E-state index contributed by atoms with van der Waals surface area (Å²) in [6, 6.07) is 9.82. The zero-order valence-electron chi connectivity index (χ0n) is 16.4. The standard InChI is InChI=1S/C20H17ClF3N3O3S/c1-25-19(26-11-3-8-15(21)14(9-11)20(22,23)24)31-16-10-17(28)27(18(16)29)12-4-6-13(30-2)7-5-12/h3-9,16H,10H2,1-2H3,(H,25,26)/t16-/m0/s1. The van der Waals surface area contributed by atoms with Crippen molar-refractivity contribution >= 4 is 51.7 Å². The van der Waals surface area contributed by atoms with Gasteiger partial charge in [-0.15, -0.1) is 0 Å². The number of ether oxygens (including phenoxy) is 1. The van der Waals surface area contributed by atoms with Gasteiger partial charge < -0.3 is 10.1 Å². The number of imide groups is 1. The van der Waals surface area contributed by atoms with Gasteiger partial charge in [-0.05, 0) is 42.5 Å². The van der Waals surface area contributed by atoms with E-state index < -0.39 is 27.9 Å². The number of thioether (sulfide) groups is 1. The summed E-state index contributed by atoms with van der Waals surface area (Å²) in [6.07, 6.45) is -4.68. The number of amidine groups is 1. The Labute approximate surface area is 185 Å². The minimum atomic E-state index is -4.61. The summed E-state index contributed by atoms with van der Waals surface area (Å²) in [6.45, 7) is 0. The quantitative estimate of drug-likeness (QED) is 0.393. The van der Waals surface area contributed by atoms with E-state index in [0.29, 0.717) is 11.4 Å². The Hall–Kier alpha value is -2.72. The third-order valence-electron chi connectivity index (χ3n) is 4.42. The van der Waals surface area contributed by atoms with Gasteiger partial charge in [0, 0.05) is 19.2 Å². The molecule has 2 aromatic rings. The van der Waals surface area contributed by atoms with Crippen LogP contribution < -0.4 is 15.0 Å². The summed E-state index contributed by atoms with van der Waals surface area (Å²) in [5.41, 5.74) is -0.472. The molecule has 0 aromatic heterocycles. The van der Waals surface area contributed by atoms with E-state index in [9.17, 15) is 22.8 Å². The second-order valence-electron chi connectivity index (χ2n) is 6.42. The van der Waals surface area contributed by atoms with Crippen LogP contribution in [0.5, 0.6) is 5.75 Å². The lowest BCUT2D eigenvalue weighted by molar-refractivity contribution is -0.137. The minimum Gasteiger partial charge on any atom is -0.497 e. The second kappa shape index (κ2) is 9.19. The molecule has 1 saturated heterocycles. The summed E-state index contributed by atoms with van der Waals surface area (Å²) in [4.78, 5) is 30.3. The maximum absolute atomic E-state index is 13.1. The molecule has 2 amide bonds. The van der Waals surface area contributed by atoms with Crippen molar-refractivity contribution in [2.75, 3.05) is 24.4 Å². The molecule has 31 heavy (non-hydrogen) atoms. The molecule has 11 heteroatoms. The second-order valence-corrected chi connectivity index (χ2v) is 8.02. The van der Waals surface area contributed by atoms with Crippen LogP contribution >= 0.6 is 23.4 Å².